The minimum Gasteiger partial charge on any atom is -0.494 e. The van der Waals surface area contributed by atoms with Crippen molar-refractivity contribution < 1.29 is 28.2 Å². The van der Waals surface area contributed by atoms with E-state index < -0.39 is 29.2 Å². The summed E-state index contributed by atoms with van der Waals surface area (Å²) in [5.41, 5.74) is 10.3. The summed E-state index contributed by atoms with van der Waals surface area (Å²) >= 11 is 3.61. The molecule has 4 aromatic carbocycles. The molecule has 12 heteroatoms. The number of hydrogen-bond acceptors (Lipinski definition) is 6. The molecular formula is C34H30BrF2N5O4. The van der Waals surface area contributed by atoms with Crippen LogP contribution in [0.3, 0.4) is 0 Å². The highest BCUT2D eigenvalue weighted by molar-refractivity contribution is 9.10. The molecule has 0 aliphatic carbocycles. The van der Waals surface area contributed by atoms with Crippen LogP contribution >= 0.6 is 15.9 Å². The van der Waals surface area contributed by atoms with Crippen molar-refractivity contribution in [2.24, 2.45) is 10.1 Å². The van der Waals surface area contributed by atoms with E-state index in [1.54, 1.807) is 24.3 Å². The number of halogens is 3. The lowest BCUT2D eigenvalue weighted by atomic mass is 9.81. The lowest BCUT2D eigenvalue weighted by Gasteiger charge is -2.32. The van der Waals surface area contributed by atoms with Gasteiger partial charge in [-0.3, -0.25) is 4.79 Å². The average Bonchev–Trinajstić information content (AvgIpc) is 3.43. The number of aliphatic imine (C=N–C) groups is 1. The van der Waals surface area contributed by atoms with Gasteiger partial charge in [0, 0.05) is 52.6 Å². The number of carbonyl (C=O) groups is 1. The molecule has 0 saturated carbocycles. The maximum absolute atomic E-state index is 14.5. The van der Waals surface area contributed by atoms with Gasteiger partial charge in [0.25, 0.3) is 5.91 Å². The zero-order valence-corrected chi connectivity index (χ0v) is 26.2. The molecule has 2 atom stereocenters. The third-order valence-corrected chi connectivity index (χ3v) is 8.20. The Morgan fingerprint density at radius 3 is 2.43 bits per heavy atom. The number of nitrogens with one attached hydrogen (secondary N) is 1. The third kappa shape index (κ3) is 7.54. The average molecular weight is 691 g/mol. The Morgan fingerprint density at radius 2 is 1.74 bits per heavy atom. The first kappa shape index (κ1) is 32.6. The van der Waals surface area contributed by atoms with Crippen LogP contribution in [0.5, 0.6) is 5.75 Å². The number of amides is 1. The van der Waals surface area contributed by atoms with E-state index in [9.17, 15) is 13.6 Å². The van der Waals surface area contributed by atoms with Gasteiger partial charge in [0.2, 0.25) is 5.90 Å². The predicted octanol–water partition coefficient (Wildman–Crippen LogP) is 7.11. The molecule has 0 radical (unpaired) electrons. The van der Waals surface area contributed by atoms with Gasteiger partial charge in [-0.25, -0.2) is 13.8 Å². The van der Waals surface area contributed by atoms with Crippen LogP contribution in [0.25, 0.3) is 10.4 Å². The van der Waals surface area contributed by atoms with E-state index in [-0.39, 0.29) is 37.6 Å². The molecule has 236 valence electrons. The second-order valence-electron chi connectivity index (χ2n) is 10.6. The van der Waals surface area contributed by atoms with E-state index in [4.69, 9.17) is 25.1 Å². The Kier molecular flexibility index (Phi) is 10.6. The van der Waals surface area contributed by atoms with Crippen molar-refractivity contribution in [3.8, 4) is 5.75 Å². The second kappa shape index (κ2) is 15.0. The van der Waals surface area contributed by atoms with Crippen LogP contribution in [0.2, 0.25) is 0 Å². The van der Waals surface area contributed by atoms with Crippen molar-refractivity contribution in [2.45, 2.75) is 37.6 Å². The van der Waals surface area contributed by atoms with E-state index in [0.717, 1.165) is 18.2 Å². The number of rotatable bonds is 13. The van der Waals surface area contributed by atoms with E-state index in [0.29, 0.717) is 45.5 Å². The molecule has 4 aromatic rings. The zero-order chi connectivity index (χ0) is 32.5. The molecule has 5 rings (SSSR count). The monoisotopic (exact) mass is 689 g/mol. The smallest absolute Gasteiger partial charge is 0.252 e. The van der Waals surface area contributed by atoms with Crippen LogP contribution in [0.15, 0.2) is 106 Å². The van der Waals surface area contributed by atoms with Crippen molar-refractivity contribution in [3.63, 3.8) is 0 Å². The van der Waals surface area contributed by atoms with Crippen molar-refractivity contribution in [2.75, 3.05) is 13.2 Å². The first-order chi connectivity index (χ1) is 22.3. The summed E-state index contributed by atoms with van der Waals surface area (Å²) in [6.07, 6.45) is -0.396. The molecule has 2 N–H and O–H groups in total. The maximum atomic E-state index is 14.5. The highest BCUT2D eigenvalue weighted by Gasteiger charge is 2.54. The lowest BCUT2D eigenvalue weighted by Crippen LogP contribution is -2.50. The van der Waals surface area contributed by atoms with Gasteiger partial charge in [0.1, 0.15) is 17.4 Å². The maximum Gasteiger partial charge on any atom is 0.252 e. The quantitative estimate of drug-likeness (QED) is 0.0671. The van der Waals surface area contributed by atoms with Gasteiger partial charge in [0.05, 0.1) is 13.2 Å². The Bertz CT molecular complexity index is 1760. The minimum atomic E-state index is -1.60. The summed E-state index contributed by atoms with van der Waals surface area (Å²) < 4.78 is 40.9. The first-order valence-corrected chi connectivity index (χ1v) is 15.3. The number of azide groups is 1. The van der Waals surface area contributed by atoms with Crippen molar-refractivity contribution >= 4 is 27.7 Å². The number of carbonyl (C=O) groups excluding carboxylic acids is 1. The topological polar surface area (TPSA) is 129 Å². The van der Waals surface area contributed by atoms with E-state index in [2.05, 4.69) is 31.3 Å². The normalized spacial score (nSPS) is 17.0. The summed E-state index contributed by atoms with van der Waals surface area (Å²) in [6.45, 7) is 0.263. The fraction of sp³-hybridized carbons (Fsp3) is 0.235. The Morgan fingerprint density at radius 1 is 1.04 bits per heavy atom. The molecule has 1 heterocycles. The van der Waals surface area contributed by atoms with Crippen LogP contribution in [0.1, 0.15) is 40.3 Å². The zero-order valence-electron chi connectivity index (χ0n) is 24.6. The highest BCUT2D eigenvalue weighted by Crippen LogP contribution is 2.45. The molecule has 46 heavy (non-hydrogen) atoms. The van der Waals surface area contributed by atoms with Gasteiger partial charge < -0.3 is 19.9 Å². The molecule has 0 saturated heterocycles. The summed E-state index contributed by atoms with van der Waals surface area (Å²) in [4.78, 5) is 22.4. The fourth-order valence-corrected chi connectivity index (χ4v) is 5.77. The standard InChI is InChI=1S/C34H30BrF2N5O4/c35-30-9-4-3-8-29(30)31-34(19-24-6-1-2-7-25(24)21-40-42-38,33(44)39-20-22-16-26(36)18-27(37)17-22)41-32(46-31)23-10-12-28(13-11-23)45-15-5-14-43/h1-4,6-13,16-18,31,43H,5,14-15,19-21H2,(H,39,44)/t31-,34-/m1/s1. The fourth-order valence-electron chi connectivity index (χ4n) is 5.28. The number of aliphatic hydroxyl groups is 1. The second-order valence-corrected chi connectivity index (χ2v) is 11.5. The lowest BCUT2D eigenvalue weighted by molar-refractivity contribution is -0.129. The van der Waals surface area contributed by atoms with E-state index >= 15 is 0 Å². The van der Waals surface area contributed by atoms with Gasteiger partial charge in [-0.2, -0.15) is 0 Å². The minimum absolute atomic E-state index is 0.0173. The van der Waals surface area contributed by atoms with Crippen molar-refractivity contribution in [1.29, 1.82) is 0 Å². The molecule has 0 fully saturated rings. The van der Waals surface area contributed by atoms with Crippen LogP contribution in [0.4, 0.5) is 8.78 Å². The molecule has 1 amide bonds. The highest BCUT2D eigenvalue weighted by atomic mass is 79.9. The molecular weight excluding hydrogens is 660 g/mol. The number of nitrogens with zero attached hydrogens (tertiary/aromatic N) is 4. The Balaban J connectivity index is 1.61. The van der Waals surface area contributed by atoms with Crippen LogP contribution in [-0.2, 0) is 29.0 Å². The summed E-state index contributed by atoms with van der Waals surface area (Å²) in [6, 6.07) is 24.7. The Labute approximate surface area is 272 Å². The Hall–Kier alpha value is -4.77. The summed E-state index contributed by atoms with van der Waals surface area (Å²) in [5, 5.41) is 15.6. The molecule has 0 spiro atoms. The van der Waals surface area contributed by atoms with Gasteiger partial charge >= 0.3 is 0 Å². The van der Waals surface area contributed by atoms with Gasteiger partial charge in [-0.05, 0) is 64.7 Å². The molecule has 1 aliphatic heterocycles. The number of benzene rings is 4. The van der Waals surface area contributed by atoms with E-state index in [1.165, 1.54) is 0 Å². The predicted molar refractivity (Wildman–Crippen MR) is 172 cm³/mol. The van der Waals surface area contributed by atoms with Gasteiger partial charge in [-0.1, -0.05) is 63.5 Å². The summed E-state index contributed by atoms with van der Waals surface area (Å²) in [7, 11) is 0. The molecule has 9 nitrogen and oxygen atoms in total. The van der Waals surface area contributed by atoms with Crippen molar-refractivity contribution in [1.82, 2.24) is 5.32 Å². The molecule has 1 aliphatic rings. The third-order valence-electron chi connectivity index (χ3n) is 7.48. The number of hydrogen-bond donors (Lipinski definition) is 2. The number of ether oxygens (including phenoxy) is 2. The summed E-state index contributed by atoms with van der Waals surface area (Å²) in [5.74, 6) is -1.25. The van der Waals surface area contributed by atoms with Crippen molar-refractivity contribution in [3.05, 3.63) is 145 Å². The largest absolute Gasteiger partial charge is 0.494 e. The first-order valence-electron chi connectivity index (χ1n) is 14.5. The van der Waals surface area contributed by atoms with Crippen LogP contribution < -0.4 is 10.1 Å². The number of aliphatic hydroxyl groups excluding tert-OH is 1. The molecule has 0 unspecified atom stereocenters. The van der Waals surface area contributed by atoms with Crippen LogP contribution in [-0.4, -0.2) is 35.7 Å². The van der Waals surface area contributed by atoms with Gasteiger partial charge in [0.15, 0.2) is 11.6 Å². The van der Waals surface area contributed by atoms with Gasteiger partial charge in [-0.15, -0.1) is 0 Å². The molecule has 0 aromatic heterocycles. The van der Waals surface area contributed by atoms with Crippen LogP contribution in [0, 0.1) is 11.6 Å². The SMILES string of the molecule is [N-]=[N+]=NCc1ccccc1C[C@@]1(C(=O)NCc2cc(F)cc(F)c2)N=C(c2ccc(OCCCO)cc2)O[C@@H]1c1ccccc1Br. The van der Waals surface area contributed by atoms with E-state index in [1.807, 2.05) is 48.5 Å². The molecule has 0 bridgehead atoms.